The van der Waals surface area contributed by atoms with Crippen molar-refractivity contribution in [3.63, 3.8) is 0 Å². The Balaban J connectivity index is 1.62. The highest BCUT2D eigenvalue weighted by atomic mass is 16.2. The molecular formula is C16H22N2O. The Bertz CT molecular complexity index is 450. The highest BCUT2D eigenvalue weighted by Crippen LogP contribution is 2.23. The van der Waals surface area contributed by atoms with Gasteiger partial charge in [-0.05, 0) is 38.2 Å². The minimum atomic E-state index is 0.0618. The predicted octanol–water partition coefficient (Wildman–Crippen LogP) is 2.24. The van der Waals surface area contributed by atoms with E-state index in [0.29, 0.717) is 11.9 Å². The fraction of sp³-hybridized carbons (Fsp3) is 0.562. The van der Waals surface area contributed by atoms with Crippen LogP contribution < -0.4 is 5.32 Å². The van der Waals surface area contributed by atoms with E-state index in [1.165, 1.54) is 24.0 Å². The lowest BCUT2D eigenvalue weighted by Gasteiger charge is -2.33. The first-order valence-corrected chi connectivity index (χ1v) is 7.33. The van der Waals surface area contributed by atoms with Crippen molar-refractivity contribution in [3.8, 4) is 0 Å². The number of aryl methyl sites for hydroxylation is 1. The number of likely N-dealkylation sites (tertiary alicyclic amines) is 1. The fourth-order valence-corrected chi connectivity index (χ4v) is 2.70. The van der Waals surface area contributed by atoms with Crippen molar-refractivity contribution in [2.45, 2.75) is 51.2 Å². The Morgan fingerprint density at radius 3 is 2.63 bits per heavy atom. The molecule has 3 nitrogen and oxygen atoms in total. The normalized spacial score (nSPS) is 23.7. The van der Waals surface area contributed by atoms with E-state index < -0.39 is 0 Å². The summed E-state index contributed by atoms with van der Waals surface area (Å²) in [6, 6.07) is 9.15. The molecule has 2 fully saturated rings. The molecular weight excluding hydrogens is 236 g/mol. The minimum absolute atomic E-state index is 0.0618. The first kappa shape index (κ1) is 12.7. The lowest BCUT2D eigenvalue weighted by Crippen LogP contribution is -2.50. The number of nitrogens with zero attached hydrogens (tertiary/aromatic N) is 1. The van der Waals surface area contributed by atoms with E-state index in [1.807, 2.05) is 4.90 Å². The van der Waals surface area contributed by atoms with Gasteiger partial charge in [-0.25, -0.2) is 0 Å². The molecule has 0 spiro atoms. The van der Waals surface area contributed by atoms with Crippen molar-refractivity contribution < 1.29 is 4.79 Å². The van der Waals surface area contributed by atoms with Crippen molar-refractivity contribution in [1.29, 1.82) is 0 Å². The Morgan fingerprint density at radius 2 is 1.95 bits per heavy atom. The number of carbonyl (C=O) groups excluding carboxylic acids is 1. The summed E-state index contributed by atoms with van der Waals surface area (Å²) in [5, 5.41) is 3.48. The number of benzene rings is 1. The maximum absolute atomic E-state index is 12.4. The summed E-state index contributed by atoms with van der Waals surface area (Å²) in [6.45, 7) is 3.74. The molecule has 1 N–H and O–H groups in total. The lowest BCUT2D eigenvalue weighted by atomic mass is 10.0. The monoisotopic (exact) mass is 258 g/mol. The average molecular weight is 258 g/mol. The molecule has 1 aliphatic carbocycles. The number of hydrogen-bond acceptors (Lipinski definition) is 2. The molecule has 3 rings (SSSR count). The summed E-state index contributed by atoms with van der Waals surface area (Å²) < 4.78 is 0. The van der Waals surface area contributed by atoms with Crippen LogP contribution in [0.5, 0.6) is 0 Å². The van der Waals surface area contributed by atoms with Gasteiger partial charge in [-0.1, -0.05) is 29.8 Å². The molecule has 2 aliphatic rings. The highest BCUT2D eigenvalue weighted by Gasteiger charge is 2.33. The van der Waals surface area contributed by atoms with Gasteiger partial charge in [0, 0.05) is 19.1 Å². The van der Waals surface area contributed by atoms with Crippen molar-refractivity contribution >= 4 is 5.91 Å². The molecule has 0 bridgehead atoms. The fourth-order valence-electron chi connectivity index (χ4n) is 2.70. The van der Waals surface area contributed by atoms with Gasteiger partial charge in [0.25, 0.3) is 0 Å². The van der Waals surface area contributed by atoms with Crippen LogP contribution in [0.25, 0.3) is 0 Å². The van der Waals surface area contributed by atoms with Crippen LogP contribution in [0.15, 0.2) is 24.3 Å². The Hall–Kier alpha value is -1.35. The standard InChI is InChI=1S/C16H22N2O/c1-12-4-6-13(7-5-12)11-18-10-2-3-15(16(18)19)17-14-8-9-14/h4-7,14-15,17H,2-3,8-11H2,1H3. The van der Waals surface area contributed by atoms with E-state index in [2.05, 4.69) is 36.5 Å². The molecule has 0 radical (unpaired) electrons. The van der Waals surface area contributed by atoms with Gasteiger partial charge >= 0.3 is 0 Å². The number of carbonyl (C=O) groups is 1. The maximum Gasteiger partial charge on any atom is 0.240 e. The third-order valence-corrected chi connectivity index (χ3v) is 4.04. The molecule has 1 saturated carbocycles. The van der Waals surface area contributed by atoms with E-state index in [-0.39, 0.29) is 6.04 Å². The van der Waals surface area contributed by atoms with Crippen molar-refractivity contribution in [2.75, 3.05) is 6.54 Å². The second kappa shape index (κ2) is 5.33. The SMILES string of the molecule is Cc1ccc(CN2CCCC(NC3CC3)C2=O)cc1. The summed E-state index contributed by atoms with van der Waals surface area (Å²) in [7, 11) is 0. The smallest absolute Gasteiger partial charge is 0.240 e. The van der Waals surface area contributed by atoms with Gasteiger partial charge in [0.1, 0.15) is 0 Å². The highest BCUT2D eigenvalue weighted by molar-refractivity contribution is 5.82. The van der Waals surface area contributed by atoms with Crippen LogP contribution in [0.1, 0.15) is 36.8 Å². The van der Waals surface area contributed by atoms with Crippen LogP contribution in [0, 0.1) is 6.92 Å². The zero-order valence-corrected chi connectivity index (χ0v) is 11.6. The second-order valence-electron chi connectivity index (χ2n) is 5.88. The molecule has 1 aliphatic heterocycles. The zero-order chi connectivity index (χ0) is 13.2. The van der Waals surface area contributed by atoms with Crippen LogP contribution >= 0.6 is 0 Å². The largest absolute Gasteiger partial charge is 0.337 e. The molecule has 1 saturated heterocycles. The molecule has 1 unspecified atom stereocenters. The van der Waals surface area contributed by atoms with E-state index >= 15 is 0 Å². The molecule has 19 heavy (non-hydrogen) atoms. The second-order valence-corrected chi connectivity index (χ2v) is 5.88. The van der Waals surface area contributed by atoms with Crippen LogP contribution in [0.3, 0.4) is 0 Å². The van der Waals surface area contributed by atoms with Gasteiger partial charge in [0.05, 0.1) is 6.04 Å². The van der Waals surface area contributed by atoms with Crippen molar-refractivity contribution in [2.24, 2.45) is 0 Å². The quantitative estimate of drug-likeness (QED) is 0.898. The third kappa shape index (κ3) is 3.16. The van der Waals surface area contributed by atoms with Crippen LogP contribution in [0.2, 0.25) is 0 Å². The number of rotatable bonds is 4. The Morgan fingerprint density at radius 1 is 1.21 bits per heavy atom. The van der Waals surface area contributed by atoms with Crippen LogP contribution in [-0.4, -0.2) is 29.4 Å². The molecule has 1 heterocycles. The topological polar surface area (TPSA) is 32.3 Å². The molecule has 102 valence electrons. The zero-order valence-electron chi connectivity index (χ0n) is 11.6. The maximum atomic E-state index is 12.4. The van der Waals surface area contributed by atoms with E-state index in [4.69, 9.17) is 0 Å². The molecule has 1 atom stereocenters. The van der Waals surface area contributed by atoms with Crippen LogP contribution in [0.4, 0.5) is 0 Å². The summed E-state index contributed by atoms with van der Waals surface area (Å²) >= 11 is 0. The summed E-state index contributed by atoms with van der Waals surface area (Å²) in [4.78, 5) is 14.4. The first-order chi connectivity index (χ1) is 9.22. The predicted molar refractivity (Wildman–Crippen MR) is 75.8 cm³/mol. The summed E-state index contributed by atoms with van der Waals surface area (Å²) in [5.74, 6) is 0.290. The summed E-state index contributed by atoms with van der Waals surface area (Å²) in [6.07, 6.45) is 4.59. The number of piperidine rings is 1. The molecule has 1 aromatic rings. The Labute approximate surface area is 115 Å². The van der Waals surface area contributed by atoms with Gasteiger partial charge in [-0.3, -0.25) is 4.79 Å². The third-order valence-electron chi connectivity index (χ3n) is 4.04. The van der Waals surface area contributed by atoms with Crippen molar-refractivity contribution in [3.05, 3.63) is 35.4 Å². The Kier molecular flexibility index (Phi) is 3.56. The van der Waals surface area contributed by atoms with Gasteiger partial charge < -0.3 is 10.2 Å². The van der Waals surface area contributed by atoms with Gasteiger partial charge in [0.15, 0.2) is 0 Å². The van der Waals surface area contributed by atoms with E-state index in [9.17, 15) is 4.79 Å². The van der Waals surface area contributed by atoms with Crippen molar-refractivity contribution in [1.82, 2.24) is 10.2 Å². The van der Waals surface area contributed by atoms with Gasteiger partial charge in [-0.2, -0.15) is 0 Å². The first-order valence-electron chi connectivity index (χ1n) is 7.33. The number of nitrogens with one attached hydrogen (secondary N) is 1. The molecule has 1 aromatic carbocycles. The van der Waals surface area contributed by atoms with Crippen LogP contribution in [-0.2, 0) is 11.3 Å². The molecule has 3 heteroatoms. The van der Waals surface area contributed by atoms with Gasteiger partial charge in [-0.15, -0.1) is 0 Å². The minimum Gasteiger partial charge on any atom is -0.337 e. The summed E-state index contributed by atoms with van der Waals surface area (Å²) in [5.41, 5.74) is 2.49. The number of hydrogen-bond donors (Lipinski definition) is 1. The van der Waals surface area contributed by atoms with E-state index in [0.717, 1.165) is 25.9 Å². The lowest BCUT2D eigenvalue weighted by molar-refractivity contribution is -0.136. The van der Waals surface area contributed by atoms with Gasteiger partial charge in [0.2, 0.25) is 5.91 Å². The average Bonchev–Trinajstić information content (AvgIpc) is 3.21. The molecule has 1 amide bonds. The van der Waals surface area contributed by atoms with E-state index in [1.54, 1.807) is 0 Å². The molecule has 0 aromatic heterocycles. The number of amides is 1.